The van der Waals surface area contributed by atoms with Crippen molar-refractivity contribution in [3.05, 3.63) is 47.5 Å². The van der Waals surface area contributed by atoms with Crippen LogP contribution in [0.5, 0.6) is 0 Å². The molecule has 0 aliphatic heterocycles. The zero-order valence-corrected chi connectivity index (χ0v) is 11.4. The summed E-state index contributed by atoms with van der Waals surface area (Å²) in [6.07, 6.45) is 4.59. The Bertz CT molecular complexity index is 537. The number of aryl methyl sites for hydroxylation is 2. The highest BCUT2D eigenvalue weighted by Crippen LogP contribution is 2.23. The fourth-order valence-corrected chi connectivity index (χ4v) is 2.58. The summed E-state index contributed by atoms with van der Waals surface area (Å²) in [5, 5.41) is 11.8. The lowest BCUT2D eigenvalue weighted by atomic mass is 9.98. The molecular weight excluding hydrogens is 254 g/mol. The number of fused-ring (bicyclic) bond motifs is 1. The van der Waals surface area contributed by atoms with Gasteiger partial charge in [0.15, 0.2) is 5.78 Å². The van der Waals surface area contributed by atoms with Gasteiger partial charge in [0.05, 0.1) is 12.5 Å². The highest BCUT2D eigenvalue weighted by Gasteiger charge is 2.23. The second-order valence-corrected chi connectivity index (χ2v) is 5.05. The minimum atomic E-state index is -0.985. The Morgan fingerprint density at radius 3 is 2.80 bits per heavy atom. The van der Waals surface area contributed by atoms with Crippen molar-refractivity contribution in [2.45, 2.75) is 31.7 Å². The molecule has 1 aromatic carbocycles. The molecule has 0 fully saturated rings. The van der Waals surface area contributed by atoms with Gasteiger partial charge in [0.2, 0.25) is 0 Å². The first kappa shape index (κ1) is 14.5. The predicted molar refractivity (Wildman–Crippen MR) is 77.0 cm³/mol. The predicted octanol–water partition coefficient (Wildman–Crippen LogP) is 1.98. The molecular formula is C16H19NO3. The fourth-order valence-electron chi connectivity index (χ4n) is 2.58. The van der Waals surface area contributed by atoms with Gasteiger partial charge in [-0.05, 0) is 36.5 Å². The lowest BCUT2D eigenvalue weighted by molar-refractivity contribution is -0.137. The van der Waals surface area contributed by atoms with Gasteiger partial charge in [0.1, 0.15) is 0 Å². The summed E-state index contributed by atoms with van der Waals surface area (Å²) in [6.45, 7) is 3.98. The standard InChI is InChI=1S/C16H19NO3/c1-2-8-17-14(10-15(18)19)16(20)13-7-6-11-4-3-5-12(11)9-13/h2,6-7,9,14,17H,1,3-5,8,10H2,(H,18,19). The smallest absolute Gasteiger partial charge is 0.305 e. The van der Waals surface area contributed by atoms with E-state index in [2.05, 4.69) is 11.9 Å². The number of hydrogen-bond acceptors (Lipinski definition) is 3. The summed E-state index contributed by atoms with van der Waals surface area (Å²) in [5.74, 6) is -1.15. The van der Waals surface area contributed by atoms with Gasteiger partial charge in [0.25, 0.3) is 0 Å². The van der Waals surface area contributed by atoms with E-state index in [1.165, 1.54) is 11.1 Å². The number of ketones is 1. The first-order valence-corrected chi connectivity index (χ1v) is 6.84. The van der Waals surface area contributed by atoms with E-state index in [0.717, 1.165) is 19.3 Å². The topological polar surface area (TPSA) is 66.4 Å². The SMILES string of the molecule is C=CCNC(CC(=O)O)C(=O)c1ccc2c(c1)CCC2. The number of rotatable bonds is 7. The summed E-state index contributed by atoms with van der Waals surface area (Å²) in [6, 6.07) is 5.00. The molecule has 0 heterocycles. The van der Waals surface area contributed by atoms with Gasteiger partial charge in [-0.2, -0.15) is 0 Å². The van der Waals surface area contributed by atoms with Crippen LogP contribution in [0, 0.1) is 0 Å². The minimum absolute atomic E-state index is 0.163. The molecule has 4 heteroatoms. The molecule has 1 atom stereocenters. The molecule has 2 N–H and O–H groups in total. The van der Waals surface area contributed by atoms with Crippen LogP contribution in [0.3, 0.4) is 0 Å². The van der Waals surface area contributed by atoms with E-state index >= 15 is 0 Å². The van der Waals surface area contributed by atoms with Crippen molar-refractivity contribution in [1.29, 1.82) is 0 Å². The first-order chi connectivity index (χ1) is 9.61. The molecule has 0 bridgehead atoms. The van der Waals surface area contributed by atoms with E-state index in [9.17, 15) is 9.59 Å². The highest BCUT2D eigenvalue weighted by molar-refractivity contribution is 6.02. The van der Waals surface area contributed by atoms with E-state index in [4.69, 9.17) is 5.11 Å². The molecule has 0 radical (unpaired) electrons. The maximum absolute atomic E-state index is 12.4. The Labute approximate surface area is 118 Å². The van der Waals surface area contributed by atoms with Crippen molar-refractivity contribution in [2.75, 3.05) is 6.54 Å². The number of carbonyl (C=O) groups excluding carboxylic acids is 1. The number of aliphatic carboxylic acids is 1. The second-order valence-electron chi connectivity index (χ2n) is 5.05. The van der Waals surface area contributed by atoms with Gasteiger partial charge in [-0.15, -0.1) is 6.58 Å². The van der Waals surface area contributed by atoms with Gasteiger partial charge < -0.3 is 10.4 Å². The summed E-state index contributed by atoms with van der Waals surface area (Å²) in [5.41, 5.74) is 3.11. The number of Topliss-reactive ketones (excluding diaryl/α,β-unsaturated/α-hetero) is 1. The largest absolute Gasteiger partial charge is 0.481 e. The Hall–Kier alpha value is -1.94. The molecule has 1 aliphatic carbocycles. The Morgan fingerprint density at radius 2 is 2.10 bits per heavy atom. The lowest BCUT2D eigenvalue weighted by Gasteiger charge is -2.15. The van der Waals surface area contributed by atoms with Crippen LogP contribution in [0.1, 0.15) is 34.3 Å². The molecule has 2 rings (SSSR count). The van der Waals surface area contributed by atoms with E-state index in [1.807, 2.05) is 12.1 Å². The lowest BCUT2D eigenvalue weighted by Crippen LogP contribution is -2.38. The van der Waals surface area contributed by atoms with Crippen LogP contribution in [-0.4, -0.2) is 29.4 Å². The zero-order chi connectivity index (χ0) is 14.5. The van der Waals surface area contributed by atoms with Crippen molar-refractivity contribution in [3.8, 4) is 0 Å². The molecule has 20 heavy (non-hydrogen) atoms. The number of carboxylic acid groups (broad SMARTS) is 1. The van der Waals surface area contributed by atoms with Crippen molar-refractivity contribution >= 4 is 11.8 Å². The van der Waals surface area contributed by atoms with Gasteiger partial charge in [-0.25, -0.2) is 0 Å². The van der Waals surface area contributed by atoms with Crippen molar-refractivity contribution < 1.29 is 14.7 Å². The van der Waals surface area contributed by atoms with Crippen molar-refractivity contribution in [2.24, 2.45) is 0 Å². The van der Waals surface area contributed by atoms with Crippen LogP contribution in [0.4, 0.5) is 0 Å². The van der Waals surface area contributed by atoms with Crippen LogP contribution >= 0.6 is 0 Å². The molecule has 0 aromatic heterocycles. The van der Waals surface area contributed by atoms with Crippen LogP contribution < -0.4 is 5.32 Å². The Morgan fingerprint density at radius 1 is 1.35 bits per heavy atom. The maximum Gasteiger partial charge on any atom is 0.305 e. The molecule has 0 spiro atoms. The van der Waals surface area contributed by atoms with Gasteiger partial charge in [0, 0.05) is 12.1 Å². The van der Waals surface area contributed by atoms with Gasteiger partial charge in [-0.3, -0.25) is 9.59 Å². The van der Waals surface area contributed by atoms with E-state index < -0.39 is 12.0 Å². The number of carboxylic acids is 1. The van der Waals surface area contributed by atoms with Crippen molar-refractivity contribution in [1.82, 2.24) is 5.32 Å². The summed E-state index contributed by atoms with van der Waals surface area (Å²) in [4.78, 5) is 23.3. The third-order valence-electron chi connectivity index (χ3n) is 3.59. The molecule has 4 nitrogen and oxygen atoms in total. The second kappa shape index (κ2) is 6.48. The molecule has 1 aromatic rings. The molecule has 0 saturated heterocycles. The van der Waals surface area contributed by atoms with E-state index in [-0.39, 0.29) is 12.2 Å². The number of hydrogen-bond donors (Lipinski definition) is 2. The van der Waals surface area contributed by atoms with Crippen LogP contribution in [0.15, 0.2) is 30.9 Å². The highest BCUT2D eigenvalue weighted by atomic mass is 16.4. The van der Waals surface area contributed by atoms with E-state index in [1.54, 1.807) is 12.1 Å². The fraction of sp³-hybridized carbons (Fsp3) is 0.375. The van der Waals surface area contributed by atoms with Gasteiger partial charge >= 0.3 is 5.97 Å². The zero-order valence-electron chi connectivity index (χ0n) is 11.4. The molecule has 0 amide bonds. The maximum atomic E-state index is 12.4. The van der Waals surface area contributed by atoms with Gasteiger partial charge in [-0.1, -0.05) is 18.2 Å². The summed E-state index contributed by atoms with van der Waals surface area (Å²) >= 11 is 0. The summed E-state index contributed by atoms with van der Waals surface area (Å²) in [7, 11) is 0. The Balaban J connectivity index is 2.17. The number of carbonyl (C=O) groups is 2. The van der Waals surface area contributed by atoms with Crippen molar-refractivity contribution in [3.63, 3.8) is 0 Å². The van der Waals surface area contributed by atoms with Crippen LogP contribution in [-0.2, 0) is 17.6 Å². The third kappa shape index (κ3) is 3.33. The summed E-state index contributed by atoms with van der Waals surface area (Å²) < 4.78 is 0. The van der Waals surface area contributed by atoms with Crippen LogP contribution in [0.2, 0.25) is 0 Å². The minimum Gasteiger partial charge on any atom is -0.481 e. The molecule has 106 valence electrons. The normalized spacial score (nSPS) is 14.6. The first-order valence-electron chi connectivity index (χ1n) is 6.84. The van der Waals surface area contributed by atoms with E-state index in [0.29, 0.717) is 12.1 Å². The Kier molecular flexibility index (Phi) is 4.69. The monoisotopic (exact) mass is 273 g/mol. The average Bonchev–Trinajstić information content (AvgIpc) is 2.89. The van der Waals surface area contributed by atoms with Crippen LogP contribution in [0.25, 0.3) is 0 Å². The quantitative estimate of drug-likeness (QED) is 0.589. The number of nitrogens with one attached hydrogen (secondary N) is 1. The molecule has 1 unspecified atom stereocenters. The number of benzene rings is 1. The molecule has 0 saturated carbocycles. The molecule has 1 aliphatic rings. The third-order valence-corrected chi connectivity index (χ3v) is 3.59. The average molecular weight is 273 g/mol.